The van der Waals surface area contributed by atoms with E-state index in [2.05, 4.69) is 34.4 Å². The summed E-state index contributed by atoms with van der Waals surface area (Å²) < 4.78 is 14.4. The minimum Gasteiger partial charge on any atom is -0.392 e. The quantitative estimate of drug-likeness (QED) is 0.398. The number of benzene rings is 1. The van der Waals surface area contributed by atoms with E-state index in [1.54, 1.807) is 24.7 Å². The van der Waals surface area contributed by atoms with E-state index in [0.717, 1.165) is 22.5 Å². The first-order valence-corrected chi connectivity index (χ1v) is 10.8. The Kier molecular flexibility index (Phi) is 7.96. The first-order chi connectivity index (χ1) is 14.9. The summed E-state index contributed by atoms with van der Waals surface area (Å²) >= 11 is 6.08. The summed E-state index contributed by atoms with van der Waals surface area (Å²) in [6.07, 6.45) is 5.61. The Bertz CT molecular complexity index is 1030. The van der Waals surface area contributed by atoms with Gasteiger partial charge in [0.1, 0.15) is 5.82 Å². The van der Waals surface area contributed by atoms with Crippen LogP contribution < -0.4 is 10.6 Å². The Labute approximate surface area is 187 Å². The van der Waals surface area contributed by atoms with Crippen molar-refractivity contribution in [2.75, 3.05) is 11.9 Å². The van der Waals surface area contributed by atoms with Gasteiger partial charge in [-0.3, -0.25) is 9.97 Å². The molecule has 0 amide bonds. The highest BCUT2D eigenvalue weighted by Crippen LogP contribution is 2.33. The first-order valence-electron chi connectivity index (χ1n) is 10.4. The predicted octanol–water partition coefficient (Wildman–Crippen LogP) is 5.66. The highest BCUT2D eigenvalue weighted by Gasteiger charge is 2.14. The predicted molar refractivity (Wildman–Crippen MR) is 124 cm³/mol. The maximum atomic E-state index is 14.4. The van der Waals surface area contributed by atoms with Crippen LogP contribution in [0.15, 0.2) is 48.9 Å². The van der Waals surface area contributed by atoms with Crippen molar-refractivity contribution in [3.63, 3.8) is 0 Å². The van der Waals surface area contributed by atoms with E-state index >= 15 is 0 Å². The van der Waals surface area contributed by atoms with Crippen molar-refractivity contribution in [2.45, 2.75) is 45.8 Å². The molecular formula is C24H28ClFN4O. The molecule has 3 rings (SSSR count). The molecule has 7 heteroatoms. The van der Waals surface area contributed by atoms with Crippen LogP contribution in [0.2, 0.25) is 5.02 Å². The minimum atomic E-state index is -0.379. The van der Waals surface area contributed by atoms with Gasteiger partial charge in [-0.05, 0) is 48.2 Å². The maximum Gasteiger partial charge on any atom is 0.132 e. The van der Waals surface area contributed by atoms with Crippen LogP contribution in [0.25, 0.3) is 11.3 Å². The normalized spacial score (nSPS) is 12.2. The van der Waals surface area contributed by atoms with Crippen LogP contribution in [0.3, 0.4) is 0 Å². The number of halogens is 2. The van der Waals surface area contributed by atoms with Crippen LogP contribution in [-0.2, 0) is 6.54 Å². The van der Waals surface area contributed by atoms with Gasteiger partial charge in [-0.1, -0.05) is 32.4 Å². The van der Waals surface area contributed by atoms with Gasteiger partial charge in [0.2, 0.25) is 0 Å². The molecule has 5 nitrogen and oxygen atoms in total. The number of nitrogens with zero attached hydrogens (tertiary/aromatic N) is 2. The number of hydrogen-bond acceptors (Lipinski definition) is 5. The molecule has 0 saturated carbocycles. The number of rotatable bonds is 9. The molecule has 0 radical (unpaired) electrons. The van der Waals surface area contributed by atoms with Gasteiger partial charge in [0.15, 0.2) is 0 Å². The lowest BCUT2D eigenvalue weighted by Crippen LogP contribution is -2.26. The highest BCUT2D eigenvalue weighted by atomic mass is 35.5. The minimum absolute atomic E-state index is 0.219. The number of anilines is 2. The van der Waals surface area contributed by atoms with Crippen molar-refractivity contribution in [1.29, 1.82) is 0 Å². The van der Waals surface area contributed by atoms with Crippen LogP contribution in [-0.4, -0.2) is 27.7 Å². The fraction of sp³-hybridized carbons (Fsp3) is 0.333. The number of nitrogens with one attached hydrogen (secondary N) is 2. The number of hydrogen-bond donors (Lipinski definition) is 3. The highest BCUT2D eigenvalue weighted by molar-refractivity contribution is 6.30. The second kappa shape index (κ2) is 10.7. The van der Waals surface area contributed by atoms with Gasteiger partial charge in [-0.25, -0.2) is 4.39 Å². The molecular weight excluding hydrogens is 415 g/mol. The molecule has 0 aliphatic rings. The van der Waals surface area contributed by atoms with Crippen molar-refractivity contribution in [3.8, 4) is 11.3 Å². The largest absolute Gasteiger partial charge is 0.392 e. The van der Waals surface area contributed by atoms with Crippen molar-refractivity contribution in [3.05, 3.63) is 70.9 Å². The van der Waals surface area contributed by atoms with Crippen LogP contribution in [0, 0.1) is 5.82 Å². The van der Waals surface area contributed by atoms with Crippen LogP contribution >= 0.6 is 11.6 Å². The van der Waals surface area contributed by atoms with Gasteiger partial charge in [0, 0.05) is 59.2 Å². The lowest BCUT2D eigenvalue weighted by Gasteiger charge is -2.18. The number of aliphatic hydroxyl groups is 1. The Morgan fingerprint density at radius 2 is 1.94 bits per heavy atom. The zero-order chi connectivity index (χ0) is 22.4. The van der Waals surface area contributed by atoms with Gasteiger partial charge in [-0.15, -0.1) is 0 Å². The molecule has 2 aromatic heterocycles. The third-order valence-electron chi connectivity index (χ3n) is 5.10. The SMILES string of the molecule is CCC(O)CNCc1cnccc1Nc1cc(-c2cc(Cl)ccc2F)ncc1C(C)C. The molecule has 0 aliphatic heterocycles. The molecule has 0 aliphatic carbocycles. The molecule has 3 aromatic rings. The van der Waals surface area contributed by atoms with E-state index in [-0.39, 0.29) is 17.8 Å². The number of aliphatic hydroxyl groups excluding tert-OH is 1. The average Bonchev–Trinajstić information content (AvgIpc) is 2.76. The van der Waals surface area contributed by atoms with E-state index in [0.29, 0.717) is 35.8 Å². The standard InChI is InChI=1S/C24H28ClFN4O/c1-4-18(31)13-28-12-16-11-27-8-7-22(16)30-24-10-23(29-14-20(24)15(2)3)19-9-17(25)5-6-21(19)26/h5-11,14-15,18,28,31H,4,12-13H2,1-3H3,(H,27,29,30). The summed E-state index contributed by atoms with van der Waals surface area (Å²) in [5.41, 5.74) is 4.58. The van der Waals surface area contributed by atoms with Crippen molar-refractivity contribution in [2.24, 2.45) is 0 Å². The summed E-state index contributed by atoms with van der Waals surface area (Å²) in [6, 6.07) is 8.20. The Morgan fingerprint density at radius 1 is 1.13 bits per heavy atom. The number of aromatic nitrogens is 2. The van der Waals surface area contributed by atoms with E-state index < -0.39 is 0 Å². The van der Waals surface area contributed by atoms with E-state index in [9.17, 15) is 9.50 Å². The van der Waals surface area contributed by atoms with Crippen LogP contribution in [0.5, 0.6) is 0 Å². The van der Waals surface area contributed by atoms with Crippen molar-refractivity contribution in [1.82, 2.24) is 15.3 Å². The summed E-state index contributed by atoms with van der Waals surface area (Å²) in [7, 11) is 0. The average molecular weight is 443 g/mol. The van der Waals surface area contributed by atoms with Gasteiger partial charge < -0.3 is 15.7 Å². The van der Waals surface area contributed by atoms with Crippen molar-refractivity contribution < 1.29 is 9.50 Å². The molecule has 0 fully saturated rings. The molecule has 0 bridgehead atoms. The van der Waals surface area contributed by atoms with Crippen molar-refractivity contribution >= 4 is 23.0 Å². The summed E-state index contributed by atoms with van der Waals surface area (Å²) in [5, 5.41) is 17.0. The molecule has 2 heterocycles. The Balaban J connectivity index is 1.93. The van der Waals surface area contributed by atoms with E-state index in [1.807, 2.05) is 19.1 Å². The lowest BCUT2D eigenvalue weighted by atomic mass is 10.0. The summed E-state index contributed by atoms with van der Waals surface area (Å²) in [5.74, 6) is -0.153. The maximum absolute atomic E-state index is 14.4. The fourth-order valence-corrected chi connectivity index (χ4v) is 3.40. The smallest absolute Gasteiger partial charge is 0.132 e. The molecule has 1 atom stereocenters. The van der Waals surface area contributed by atoms with Crippen LogP contribution in [0.4, 0.5) is 15.8 Å². The molecule has 164 valence electrons. The fourth-order valence-electron chi connectivity index (χ4n) is 3.23. The Morgan fingerprint density at radius 3 is 2.68 bits per heavy atom. The van der Waals surface area contributed by atoms with Gasteiger partial charge >= 0.3 is 0 Å². The summed E-state index contributed by atoms with van der Waals surface area (Å²) in [4.78, 5) is 8.71. The molecule has 0 saturated heterocycles. The van der Waals surface area contributed by atoms with Gasteiger partial charge in [0.25, 0.3) is 0 Å². The molecule has 1 aromatic carbocycles. The third-order valence-corrected chi connectivity index (χ3v) is 5.34. The molecule has 1 unspecified atom stereocenters. The zero-order valence-corrected chi connectivity index (χ0v) is 18.7. The first kappa shape index (κ1) is 23.1. The van der Waals surface area contributed by atoms with E-state index in [1.165, 1.54) is 12.1 Å². The van der Waals surface area contributed by atoms with Gasteiger partial charge in [-0.2, -0.15) is 0 Å². The Hall–Kier alpha value is -2.54. The molecule has 31 heavy (non-hydrogen) atoms. The summed E-state index contributed by atoms with van der Waals surface area (Å²) in [6.45, 7) is 7.19. The molecule has 0 spiro atoms. The number of pyridine rings is 2. The van der Waals surface area contributed by atoms with Gasteiger partial charge in [0.05, 0.1) is 11.8 Å². The second-order valence-electron chi connectivity index (χ2n) is 7.79. The third kappa shape index (κ3) is 6.00. The zero-order valence-electron chi connectivity index (χ0n) is 18.0. The monoisotopic (exact) mass is 442 g/mol. The lowest BCUT2D eigenvalue weighted by molar-refractivity contribution is 0.167. The second-order valence-corrected chi connectivity index (χ2v) is 8.22. The topological polar surface area (TPSA) is 70.1 Å². The van der Waals surface area contributed by atoms with E-state index in [4.69, 9.17) is 11.6 Å². The molecule has 3 N–H and O–H groups in total. The van der Waals surface area contributed by atoms with Crippen LogP contribution in [0.1, 0.15) is 44.2 Å².